The number of rotatable bonds is 6. The maximum absolute atomic E-state index is 12.8. The Labute approximate surface area is 193 Å². The molecule has 32 heavy (non-hydrogen) atoms. The third kappa shape index (κ3) is 5.68. The Balaban J connectivity index is 1.87. The summed E-state index contributed by atoms with van der Waals surface area (Å²) in [5, 5.41) is 8.08. The van der Waals surface area contributed by atoms with Crippen LogP contribution in [-0.2, 0) is 16.6 Å². The highest BCUT2D eigenvalue weighted by Gasteiger charge is 2.23. The predicted octanol–water partition coefficient (Wildman–Crippen LogP) is 4.55. The number of hydrogen-bond donors (Lipinski definition) is 2. The lowest BCUT2D eigenvalue weighted by molar-refractivity contribution is -0.115. The normalized spacial score (nSPS) is 11.8. The number of hydrogen-bond acceptors (Lipinski definition) is 5. The van der Waals surface area contributed by atoms with Crippen molar-refractivity contribution < 1.29 is 4.79 Å². The van der Waals surface area contributed by atoms with Crippen molar-refractivity contribution in [3.05, 3.63) is 63.2 Å². The number of anilines is 1. The lowest BCUT2D eigenvalue weighted by Gasteiger charge is -2.14. The Kier molecular flexibility index (Phi) is 6.93. The third-order valence-electron chi connectivity index (χ3n) is 4.99. The van der Waals surface area contributed by atoms with Crippen molar-refractivity contribution in [2.75, 3.05) is 5.32 Å². The molecule has 0 saturated carbocycles. The van der Waals surface area contributed by atoms with E-state index in [9.17, 15) is 9.59 Å². The molecular weight excluding hydrogens is 422 g/mol. The van der Waals surface area contributed by atoms with E-state index in [1.54, 1.807) is 25.6 Å². The van der Waals surface area contributed by atoms with Gasteiger partial charge in [0.05, 0.1) is 12.1 Å². The van der Waals surface area contributed by atoms with E-state index in [1.165, 1.54) is 9.58 Å². The monoisotopic (exact) mass is 453 g/mol. The number of nitrogens with one attached hydrogen (secondary N) is 2. The largest absolute Gasteiger partial charge is 0.310 e. The van der Waals surface area contributed by atoms with E-state index >= 15 is 0 Å². The van der Waals surface area contributed by atoms with Crippen LogP contribution in [0.2, 0.25) is 0 Å². The van der Waals surface area contributed by atoms with Gasteiger partial charge >= 0.3 is 0 Å². The number of carbonyl (C=O) groups is 1. The summed E-state index contributed by atoms with van der Waals surface area (Å²) in [7, 11) is 0. The van der Waals surface area contributed by atoms with Gasteiger partial charge in [-0.1, -0.05) is 46.8 Å². The minimum Gasteiger partial charge on any atom is -0.310 e. The van der Waals surface area contributed by atoms with Crippen molar-refractivity contribution in [1.29, 1.82) is 0 Å². The first-order valence-electron chi connectivity index (χ1n) is 10.7. The van der Waals surface area contributed by atoms with Crippen molar-refractivity contribution in [3.8, 4) is 5.95 Å². The van der Waals surface area contributed by atoms with Gasteiger partial charge in [-0.25, -0.2) is 4.98 Å². The average Bonchev–Trinajstić information content (AvgIpc) is 3.11. The van der Waals surface area contributed by atoms with Gasteiger partial charge < -0.3 is 5.32 Å². The van der Waals surface area contributed by atoms with Gasteiger partial charge in [0.2, 0.25) is 11.9 Å². The Bertz CT molecular complexity index is 1170. The highest BCUT2D eigenvalue weighted by molar-refractivity contribution is 7.99. The molecular formula is C24H31N5O2S. The first-order valence-corrected chi connectivity index (χ1v) is 11.6. The lowest BCUT2D eigenvalue weighted by Crippen LogP contribution is -2.21. The molecule has 0 radical (unpaired) electrons. The first kappa shape index (κ1) is 23.8. The Morgan fingerprint density at radius 3 is 2.41 bits per heavy atom. The van der Waals surface area contributed by atoms with E-state index in [0.717, 1.165) is 11.3 Å². The van der Waals surface area contributed by atoms with Crippen molar-refractivity contribution in [3.63, 3.8) is 0 Å². The molecule has 0 aliphatic carbocycles. The summed E-state index contributed by atoms with van der Waals surface area (Å²) < 4.78 is 1.49. The van der Waals surface area contributed by atoms with Crippen LogP contribution >= 0.6 is 11.8 Å². The van der Waals surface area contributed by atoms with Crippen LogP contribution in [0.3, 0.4) is 0 Å². The predicted molar refractivity (Wildman–Crippen MR) is 130 cm³/mol. The second kappa shape index (κ2) is 9.32. The van der Waals surface area contributed by atoms with Gasteiger partial charge in [-0.05, 0) is 31.5 Å². The van der Waals surface area contributed by atoms with Gasteiger partial charge in [-0.3, -0.25) is 14.6 Å². The van der Waals surface area contributed by atoms with Crippen LogP contribution in [0.5, 0.6) is 0 Å². The molecule has 2 N–H and O–H groups in total. The summed E-state index contributed by atoms with van der Waals surface area (Å²) in [4.78, 5) is 33.5. The fourth-order valence-electron chi connectivity index (χ4n) is 3.06. The van der Waals surface area contributed by atoms with Crippen LogP contribution in [0.4, 0.5) is 5.82 Å². The molecule has 0 saturated heterocycles. The van der Waals surface area contributed by atoms with E-state index in [4.69, 9.17) is 0 Å². The maximum Gasteiger partial charge on any atom is 0.255 e. The van der Waals surface area contributed by atoms with Gasteiger partial charge in [0.1, 0.15) is 5.82 Å². The molecule has 0 unspecified atom stereocenters. The Morgan fingerprint density at radius 1 is 1.19 bits per heavy atom. The van der Waals surface area contributed by atoms with Gasteiger partial charge in [0.25, 0.3) is 5.56 Å². The summed E-state index contributed by atoms with van der Waals surface area (Å²) in [6, 6.07) is 9.86. The molecule has 0 atom stereocenters. The second-order valence-corrected chi connectivity index (χ2v) is 10.9. The van der Waals surface area contributed by atoms with Crippen LogP contribution in [0.25, 0.3) is 5.95 Å². The molecule has 3 rings (SSSR count). The Morgan fingerprint density at radius 2 is 1.84 bits per heavy atom. The second-order valence-electron chi connectivity index (χ2n) is 9.21. The molecule has 2 aromatic heterocycles. The number of carbonyl (C=O) groups excluding carboxylic acids is 1. The zero-order valence-electron chi connectivity index (χ0n) is 19.7. The Hall–Kier alpha value is -2.87. The van der Waals surface area contributed by atoms with Gasteiger partial charge in [-0.15, -0.1) is 11.8 Å². The molecule has 8 heteroatoms. The molecule has 0 spiro atoms. The SMILES string of the molecule is Cc1nc(-n2nc(C(C)(C)C)cc2NC(=O)Cc2ccc(SC(C)C)cc2)[nH]c(=O)c1C. The van der Waals surface area contributed by atoms with Crippen LogP contribution in [0.15, 0.2) is 40.0 Å². The summed E-state index contributed by atoms with van der Waals surface area (Å²) in [6.45, 7) is 13.9. The first-order chi connectivity index (χ1) is 14.9. The quantitative estimate of drug-likeness (QED) is 0.534. The van der Waals surface area contributed by atoms with Crippen molar-refractivity contribution in [2.45, 2.75) is 70.4 Å². The molecule has 0 aliphatic rings. The van der Waals surface area contributed by atoms with Crippen molar-refractivity contribution in [1.82, 2.24) is 19.7 Å². The smallest absolute Gasteiger partial charge is 0.255 e. The molecule has 2 heterocycles. The molecule has 0 bridgehead atoms. The molecule has 3 aromatic rings. The fraction of sp³-hybridized carbons (Fsp3) is 0.417. The number of aromatic nitrogens is 4. The van der Waals surface area contributed by atoms with Crippen LogP contribution in [-0.4, -0.2) is 30.9 Å². The molecule has 0 aliphatic heterocycles. The van der Waals surface area contributed by atoms with E-state index < -0.39 is 0 Å². The number of benzene rings is 1. The number of H-pyrrole nitrogens is 1. The van der Waals surface area contributed by atoms with Crippen LogP contribution in [0.1, 0.15) is 57.1 Å². The summed E-state index contributed by atoms with van der Waals surface area (Å²) in [6.07, 6.45) is 0.236. The average molecular weight is 454 g/mol. The fourth-order valence-corrected chi connectivity index (χ4v) is 3.90. The van der Waals surface area contributed by atoms with Crippen LogP contribution < -0.4 is 10.9 Å². The summed E-state index contributed by atoms with van der Waals surface area (Å²) in [5.41, 5.74) is 2.42. The van der Waals surface area contributed by atoms with Gasteiger partial charge in [-0.2, -0.15) is 9.78 Å². The minimum absolute atomic E-state index is 0.165. The maximum atomic E-state index is 12.8. The van der Waals surface area contributed by atoms with Crippen molar-refractivity contribution in [2.24, 2.45) is 0 Å². The standard InChI is InChI=1S/C24H31N5O2S/c1-14(2)32-18-10-8-17(9-11-18)12-21(30)26-20-13-19(24(5,6)7)28-29(20)23-25-16(4)15(3)22(31)27-23/h8-11,13-14H,12H2,1-7H3,(H,26,30)(H,25,27,31). The number of amides is 1. The van der Waals surface area contributed by atoms with Gasteiger partial charge in [0.15, 0.2) is 0 Å². The number of aromatic amines is 1. The zero-order chi connectivity index (χ0) is 23.6. The van der Waals surface area contributed by atoms with E-state index in [-0.39, 0.29) is 29.3 Å². The number of nitrogens with zero attached hydrogens (tertiary/aromatic N) is 3. The zero-order valence-corrected chi connectivity index (χ0v) is 20.6. The van der Waals surface area contributed by atoms with Crippen LogP contribution in [0, 0.1) is 13.8 Å². The highest BCUT2D eigenvalue weighted by Crippen LogP contribution is 2.26. The molecule has 170 valence electrons. The van der Waals surface area contributed by atoms with E-state index in [1.807, 2.05) is 51.1 Å². The van der Waals surface area contributed by atoms with Crippen molar-refractivity contribution >= 4 is 23.5 Å². The highest BCUT2D eigenvalue weighted by atomic mass is 32.2. The molecule has 1 amide bonds. The summed E-state index contributed by atoms with van der Waals surface area (Å²) >= 11 is 1.79. The third-order valence-corrected chi connectivity index (χ3v) is 6.00. The lowest BCUT2D eigenvalue weighted by atomic mass is 9.92. The molecule has 0 fully saturated rings. The number of thioether (sulfide) groups is 1. The number of aryl methyl sites for hydroxylation is 1. The molecule has 7 nitrogen and oxygen atoms in total. The van der Waals surface area contributed by atoms with Gasteiger partial charge in [0, 0.05) is 32.9 Å². The minimum atomic E-state index is -0.241. The summed E-state index contributed by atoms with van der Waals surface area (Å²) in [5.74, 6) is 0.583. The van der Waals surface area contributed by atoms with E-state index in [2.05, 4.69) is 34.2 Å². The van der Waals surface area contributed by atoms with E-state index in [0.29, 0.717) is 22.3 Å². The topological polar surface area (TPSA) is 92.7 Å². The molecule has 1 aromatic carbocycles.